The highest BCUT2D eigenvalue weighted by Gasteiger charge is 2.03. The highest BCUT2D eigenvalue weighted by Crippen LogP contribution is 2.23. The molecule has 2 heterocycles. The Morgan fingerprint density at radius 1 is 1.00 bits per heavy atom. The number of fused-ring (bicyclic) bond motifs is 1. The molecule has 90 valence electrons. The van der Waals surface area contributed by atoms with Crippen LogP contribution < -0.4 is 5.32 Å². The summed E-state index contributed by atoms with van der Waals surface area (Å²) in [6, 6.07) is 17.1. The summed E-state index contributed by atoms with van der Waals surface area (Å²) in [4.78, 5) is 8.56. The van der Waals surface area contributed by atoms with Gasteiger partial charge in [0.25, 0.3) is 0 Å². The predicted octanol–water partition coefficient (Wildman–Crippen LogP) is 3.25. The van der Waals surface area contributed by atoms with E-state index in [-0.39, 0.29) is 0 Å². The first-order valence-corrected chi connectivity index (χ1v) is 5.85. The Labute approximate surface area is 110 Å². The van der Waals surface area contributed by atoms with E-state index in [9.17, 15) is 0 Å². The van der Waals surface area contributed by atoms with E-state index in [2.05, 4.69) is 15.3 Å². The molecule has 4 heteroatoms. The number of hydrogen-bond acceptors (Lipinski definition) is 4. The maximum absolute atomic E-state index is 8.85. The molecule has 1 N–H and O–H groups in total. The SMILES string of the molecule is N#Cc1cccc(Nc2cccc3cccnc23)n1. The molecule has 0 saturated heterocycles. The van der Waals surface area contributed by atoms with Crippen molar-refractivity contribution < 1.29 is 0 Å². The van der Waals surface area contributed by atoms with Gasteiger partial charge in [0.15, 0.2) is 0 Å². The Morgan fingerprint density at radius 2 is 1.84 bits per heavy atom. The van der Waals surface area contributed by atoms with E-state index in [1.807, 2.05) is 42.5 Å². The molecule has 0 aliphatic rings. The molecule has 19 heavy (non-hydrogen) atoms. The second-order valence-corrected chi connectivity index (χ2v) is 4.03. The van der Waals surface area contributed by atoms with Gasteiger partial charge < -0.3 is 5.32 Å². The van der Waals surface area contributed by atoms with Crippen LogP contribution >= 0.6 is 0 Å². The van der Waals surface area contributed by atoms with Crippen LogP contribution in [0.25, 0.3) is 10.9 Å². The number of aromatic nitrogens is 2. The summed E-state index contributed by atoms with van der Waals surface area (Å²) in [5.74, 6) is 0.636. The average Bonchev–Trinajstić information content (AvgIpc) is 2.48. The monoisotopic (exact) mass is 246 g/mol. The maximum Gasteiger partial charge on any atom is 0.142 e. The Morgan fingerprint density at radius 3 is 2.74 bits per heavy atom. The molecule has 0 aliphatic heterocycles. The summed E-state index contributed by atoms with van der Waals surface area (Å²) < 4.78 is 0. The predicted molar refractivity (Wildman–Crippen MR) is 74.0 cm³/mol. The first kappa shape index (κ1) is 11.2. The van der Waals surface area contributed by atoms with Crippen LogP contribution in [0, 0.1) is 11.3 Å². The molecular weight excluding hydrogens is 236 g/mol. The third-order valence-corrected chi connectivity index (χ3v) is 2.76. The van der Waals surface area contributed by atoms with Crippen molar-refractivity contribution in [3.8, 4) is 6.07 Å². The van der Waals surface area contributed by atoms with Crippen LogP contribution in [-0.4, -0.2) is 9.97 Å². The maximum atomic E-state index is 8.85. The third kappa shape index (κ3) is 2.22. The van der Waals surface area contributed by atoms with Crippen LogP contribution in [0.15, 0.2) is 54.7 Å². The number of para-hydroxylation sites is 1. The number of anilines is 2. The zero-order valence-corrected chi connectivity index (χ0v) is 10.0. The van der Waals surface area contributed by atoms with Gasteiger partial charge >= 0.3 is 0 Å². The third-order valence-electron chi connectivity index (χ3n) is 2.76. The second kappa shape index (κ2) is 4.75. The van der Waals surface area contributed by atoms with Crippen molar-refractivity contribution in [2.75, 3.05) is 5.32 Å². The van der Waals surface area contributed by atoms with Gasteiger partial charge in [-0.05, 0) is 24.3 Å². The highest BCUT2D eigenvalue weighted by molar-refractivity contribution is 5.91. The Hall–Kier alpha value is -2.93. The zero-order valence-electron chi connectivity index (χ0n) is 10.0. The Kier molecular flexibility index (Phi) is 2.79. The number of nitriles is 1. The number of hydrogen-bond donors (Lipinski definition) is 1. The van der Waals surface area contributed by atoms with Crippen molar-refractivity contribution in [2.24, 2.45) is 0 Å². The smallest absolute Gasteiger partial charge is 0.142 e. The van der Waals surface area contributed by atoms with Gasteiger partial charge in [-0.1, -0.05) is 24.3 Å². The van der Waals surface area contributed by atoms with Crippen LogP contribution in [0.2, 0.25) is 0 Å². The number of rotatable bonds is 2. The minimum atomic E-state index is 0.387. The summed E-state index contributed by atoms with van der Waals surface area (Å²) in [5, 5.41) is 13.1. The van der Waals surface area contributed by atoms with Crippen LogP contribution in [0.1, 0.15) is 5.69 Å². The van der Waals surface area contributed by atoms with Crippen molar-refractivity contribution in [2.45, 2.75) is 0 Å². The van der Waals surface area contributed by atoms with Gasteiger partial charge in [0.2, 0.25) is 0 Å². The first-order valence-electron chi connectivity index (χ1n) is 5.85. The fraction of sp³-hybridized carbons (Fsp3) is 0. The van der Waals surface area contributed by atoms with Gasteiger partial charge in [-0.2, -0.15) is 5.26 Å². The molecule has 0 atom stereocenters. The summed E-state index contributed by atoms with van der Waals surface area (Å²) in [6.07, 6.45) is 1.76. The van der Waals surface area contributed by atoms with Gasteiger partial charge in [0.05, 0.1) is 11.2 Å². The lowest BCUT2D eigenvalue weighted by molar-refractivity contribution is 1.25. The molecule has 1 aromatic carbocycles. The molecule has 0 radical (unpaired) electrons. The Bertz CT molecular complexity index is 769. The van der Waals surface area contributed by atoms with Gasteiger partial charge in [-0.25, -0.2) is 4.98 Å². The quantitative estimate of drug-likeness (QED) is 0.754. The summed E-state index contributed by atoms with van der Waals surface area (Å²) >= 11 is 0. The largest absolute Gasteiger partial charge is 0.338 e. The lowest BCUT2D eigenvalue weighted by atomic mass is 10.2. The average molecular weight is 246 g/mol. The fourth-order valence-corrected chi connectivity index (χ4v) is 1.91. The molecule has 0 bridgehead atoms. The van der Waals surface area contributed by atoms with Gasteiger partial charge in [0.1, 0.15) is 17.6 Å². The molecule has 0 unspecified atom stereocenters. The van der Waals surface area contributed by atoms with E-state index in [1.54, 1.807) is 18.3 Å². The van der Waals surface area contributed by atoms with Crippen LogP contribution in [0.4, 0.5) is 11.5 Å². The molecule has 0 spiro atoms. The van der Waals surface area contributed by atoms with Crippen LogP contribution in [-0.2, 0) is 0 Å². The van der Waals surface area contributed by atoms with Crippen LogP contribution in [0.5, 0.6) is 0 Å². The van der Waals surface area contributed by atoms with Crippen molar-refractivity contribution >= 4 is 22.4 Å². The standard InChI is InChI=1S/C15H10N4/c16-10-12-6-2-8-14(18-12)19-13-7-1-4-11-5-3-9-17-15(11)13/h1-9H,(H,18,19). The summed E-state index contributed by atoms with van der Waals surface area (Å²) in [6.45, 7) is 0. The van der Waals surface area contributed by atoms with Crippen molar-refractivity contribution in [3.05, 3.63) is 60.4 Å². The number of nitrogens with one attached hydrogen (secondary N) is 1. The molecule has 3 aromatic rings. The minimum Gasteiger partial charge on any atom is -0.338 e. The minimum absolute atomic E-state index is 0.387. The lowest BCUT2D eigenvalue weighted by Crippen LogP contribution is -1.96. The molecule has 0 aliphatic carbocycles. The molecular formula is C15H10N4. The van der Waals surface area contributed by atoms with Crippen molar-refractivity contribution in [3.63, 3.8) is 0 Å². The topological polar surface area (TPSA) is 61.6 Å². The van der Waals surface area contributed by atoms with E-state index in [4.69, 9.17) is 5.26 Å². The number of pyridine rings is 2. The van der Waals surface area contributed by atoms with Crippen molar-refractivity contribution in [1.82, 2.24) is 9.97 Å². The summed E-state index contributed by atoms with van der Waals surface area (Å²) in [5.41, 5.74) is 2.15. The van der Waals surface area contributed by atoms with Crippen LogP contribution in [0.3, 0.4) is 0 Å². The van der Waals surface area contributed by atoms with E-state index in [0.717, 1.165) is 16.6 Å². The van der Waals surface area contributed by atoms with Crippen molar-refractivity contribution in [1.29, 1.82) is 5.26 Å². The molecule has 3 rings (SSSR count). The number of benzene rings is 1. The zero-order chi connectivity index (χ0) is 13.1. The highest BCUT2D eigenvalue weighted by atomic mass is 15.0. The normalized spacial score (nSPS) is 10.1. The molecule has 4 nitrogen and oxygen atoms in total. The van der Waals surface area contributed by atoms with E-state index in [0.29, 0.717) is 11.5 Å². The lowest BCUT2D eigenvalue weighted by Gasteiger charge is -2.08. The van der Waals surface area contributed by atoms with Gasteiger partial charge in [0, 0.05) is 11.6 Å². The molecule has 0 saturated carbocycles. The molecule has 2 aromatic heterocycles. The van der Waals surface area contributed by atoms with E-state index >= 15 is 0 Å². The second-order valence-electron chi connectivity index (χ2n) is 4.03. The van der Waals surface area contributed by atoms with Gasteiger partial charge in [-0.3, -0.25) is 4.98 Å². The fourth-order valence-electron chi connectivity index (χ4n) is 1.91. The Balaban J connectivity index is 2.04. The first-order chi connectivity index (χ1) is 9.36. The summed E-state index contributed by atoms with van der Waals surface area (Å²) in [7, 11) is 0. The van der Waals surface area contributed by atoms with E-state index < -0.39 is 0 Å². The van der Waals surface area contributed by atoms with Gasteiger partial charge in [-0.15, -0.1) is 0 Å². The molecule has 0 amide bonds. The van der Waals surface area contributed by atoms with E-state index in [1.165, 1.54) is 0 Å². The molecule has 0 fully saturated rings. The number of nitrogens with zero attached hydrogens (tertiary/aromatic N) is 3.